The van der Waals surface area contributed by atoms with Gasteiger partial charge in [-0.15, -0.1) is 0 Å². The maximum absolute atomic E-state index is 13.2. The van der Waals surface area contributed by atoms with Crippen LogP contribution in [0.3, 0.4) is 0 Å². The monoisotopic (exact) mass is 271 g/mol. The molecule has 0 saturated heterocycles. The minimum Gasteiger partial charge on any atom is -0.375 e. The molecule has 0 spiro atoms. The van der Waals surface area contributed by atoms with E-state index in [1.54, 1.807) is 0 Å². The second-order valence-electron chi connectivity index (χ2n) is 4.96. The molecule has 3 nitrogen and oxygen atoms in total. The van der Waals surface area contributed by atoms with Crippen molar-refractivity contribution >= 4 is 16.7 Å². The SMILES string of the molecule is Fc1cc2nc(C3Cc4ccccc4N3)[nH]c2cc1F. The lowest BCUT2D eigenvalue weighted by molar-refractivity contribution is 0.510. The Morgan fingerprint density at radius 2 is 1.90 bits per heavy atom. The number of nitrogens with one attached hydrogen (secondary N) is 2. The van der Waals surface area contributed by atoms with E-state index in [9.17, 15) is 8.78 Å². The molecule has 2 N–H and O–H groups in total. The summed E-state index contributed by atoms with van der Waals surface area (Å²) < 4.78 is 26.4. The largest absolute Gasteiger partial charge is 0.375 e. The highest BCUT2D eigenvalue weighted by Crippen LogP contribution is 2.33. The first-order valence-electron chi connectivity index (χ1n) is 6.40. The average Bonchev–Trinajstić information content (AvgIpc) is 3.02. The molecular formula is C15H11F2N3. The van der Waals surface area contributed by atoms with Gasteiger partial charge in [0.2, 0.25) is 0 Å². The van der Waals surface area contributed by atoms with Crippen LogP contribution in [-0.4, -0.2) is 9.97 Å². The summed E-state index contributed by atoms with van der Waals surface area (Å²) in [6.07, 6.45) is 0.807. The molecule has 0 radical (unpaired) electrons. The van der Waals surface area contributed by atoms with Gasteiger partial charge in [0.25, 0.3) is 0 Å². The van der Waals surface area contributed by atoms with E-state index in [1.165, 1.54) is 5.56 Å². The molecule has 1 aliphatic heterocycles. The summed E-state index contributed by atoms with van der Waals surface area (Å²) in [7, 11) is 0. The van der Waals surface area contributed by atoms with Crippen molar-refractivity contribution < 1.29 is 8.78 Å². The normalized spacial score (nSPS) is 17.2. The number of hydrogen-bond acceptors (Lipinski definition) is 2. The molecule has 100 valence electrons. The van der Waals surface area contributed by atoms with Crippen LogP contribution in [0.25, 0.3) is 11.0 Å². The van der Waals surface area contributed by atoms with Gasteiger partial charge in [0.15, 0.2) is 11.6 Å². The van der Waals surface area contributed by atoms with E-state index < -0.39 is 11.6 Å². The zero-order valence-corrected chi connectivity index (χ0v) is 10.5. The fraction of sp³-hybridized carbons (Fsp3) is 0.133. The van der Waals surface area contributed by atoms with Crippen LogP contribution in [0.5, 0.6) is 0 Å². The minimum absolute atomic E-state index is 0.00548. The van der Waals surface area contributed by atoms with Gasteiger partial charge in [0.05, 0.1) is 17.1 Å². The standard InChI is InChI=1S/C15H11F2N3/c16-9-6-12-13(7-10(9)17)20-15(19-12)14-5-8-3-1-2-4-11(8)18-14/h1-4,6-7,14,18H,5H2,(H,19,20). The van der Waals surface area contributed by atoms with E-state index >= 15 is 0 Å². The molecule has 2 heterocycles. The molecule has 0 amide bonds. The van der Waals surface area contributed by atoms with Gasteiger partial charge >= 0.3 is 0 Å². The number of aromatic nitrogens is 2. The van der Waals surface area contributed by atoms with Crippen molar-refractivity contribution in [2.45, 2.75) is 12.5 Å². The molecular weight excluding hydrogens is 260 g/mol. The maximum atomic E-state index is 13.2. The van der Waals surface area contributed by atoms with Crippen LogP contribution in [0, 0.1) is 11.6 Å². The van der Waals surface area contributed by atoms with Gasteiger partial charge in [0.1, 0.15) is 5.82 Å². The molecule has 5 heteroatoms. The lowest BCUT2D eigenvalue weighted by Crippen LogP contribution is -2.07. The van der Waals surface area contributed by atoms with E-state index in [1.807, 2.05) is 18.2 Å². The van der Waals surface area contributed by atoms with Gasteiger partial charge in [0, 0.05) is 24.2 Å². The van der Waals surface area contributed by atoms with Crippen molar-refractivity contribution in [3.63, 3.8) is 0 Å². The molecule has 0 fully saturated rings. The maximum Gasteiger partial charge on any atom is 0.161 e. The van der Waals surface area contributed by atoms with Gasteiger partial charge in [-0.05, 0) is 11.6 Å². The van der Waals surface area contributed by atoms with Crippen molar-refractivity contribution in [3.05, 3.63) is 59.4 Å². The Labute approximate surface area is 113 Å². The van der Waals surface area contributed by atoms with E-state index in [-0.39, 0.29) is 6.04 Å². The fourth-order valence-electron chi connectivity index (χ4n) is 2.65. The number of para-hydroxylation sites is 1. The Hall–Kier alpha value is -2.43. The van der Waals surface area contributed by atoms with Gasteiger partial charge in [-0.2, -0.15) is 0 Å². The number of nitrogens with zero attached hydrogens (tertiary/aromatic N) is 1. The molecule has 0 saturated carbocycles. The number of halogens is 2. The summed E-state index contributed by atoms with van der Waals surface area (Å²) >= 11 is 0. The first-order chi connectivity index (χ1) is 9.70. The summed E-state index contributed by atoms with van der Waals surface area (Å²) in [5.41, 5.74) is 3.25. The Balaban J connectivity index is 1.74. The lowest BCUT2D eigenvalue weighted by atomic mass is 10.1. The molecule has 20 heavy (non-hydrogen) atoms. The molecule has 1 aromatic heterocycles. The number of benzene rings is 2. The fourth-order valence-corrected chi connectivity index (χ4v) is 2.65. The van der Waals surface area contributed by atoms with E-state index in [4.69, 9.17) is 0 Å². The van der Waals surface area contributed by atoms with Gasteiger partial charge in [-0.3, -0.25) is 0 Å². The average molecular weight is 271 g/mol. The Kier molecular flexibility index (Phi) is 2.30. The smallest absolute Gasteiger partial charge is 0.161 e. The quantitative estimate of drug-likeness (QED) is 0.710. The second kappa shape index (κ2) is 4.03. The molecule has 3 aromatic rings. The highest BCUT2D eigenvalue weighted by atomic mass is 19.2. The van der Waals surface area contributed by atoms with Crippen LogP contribution >= 0.6 is 0 Å². The Bertz CT molecular complexity index is 746. The summed E-state index contributed by atoms with van der Waals surface area (Å²) in [6.45, 7) is 0. The number of imidazole rings is 1. The molecule has 4 rings (SSSR count). The van der Waals surface area contributed by atoms with Crippen LogP contribution in [0.2, 0.25) is 0 Å². The van der Waals surface area contributed by atoms with Crippen molar-refractivity contribution in [2.24, 2.45) is 0 Å². The summed E-state index contributed by atoms with van der Waals surface area (Å²) in [5, 5.41) is 3.36. The highest BCUT2D eigenvalue weighted by molar-refractivity contribution is 5.75. The Morgan fingerprint density at radius 1 is 1.10 bits per heavy atom. The zero-order chi connectivity index (χ0) is 13.7. The first kappa shape index (κ1) is 11.4. The first-order valence-corrected chi connectivity index (χ1v) is 6.40. The topological polar surface area (TPSA) is 40.7 Å². The molecule has 1 unspecified atom stereocenters. The van der Waals surface area contributed by atoms with Crippen LogP contribution in [0.1, 0.15) is 17.4 Å². The number of anilines is 1. The molecule has 1 aliphatic rings. The van der Waals surface area contributed by atoms with Crippen LogP contribution in [0.15, 0.2) is 36.4 Å². The van der Waals surface area contributed by atoms with Crippen molar-refractivity contribution in [1.82, 2.24) is 9.97 Å². The van der Waals surface area contributed by atoms with Crippen molar-refractivity contribution in [3.8, 4) is 0 Å². The van der Waals surface area contributed by atoms with E-state index in [2.05, 4.69) is 21.4 Å². The summed E-state index contributed by atoms with van der Waals surface area (Å²) in [5.74, 6) is -1.05. The third-order valence-electron chi connectivity index (χ3n) is 3.64. The Morgan fingerprint density at radius 3 is 2.75 bits per heavy atom. The highest BCUT2D eigenvalue weighted by Gasteiger charge is 2.24. The van der Waals surface area contributed by atoms with Gasteiger partial charge in [-0.1, -0.05) is 18.2 Å². The molecule has 2 aromatic carbocycles. The number of fused-ring (bicyclic) bond motifs is 2. The zero-order valence-electron chi connectivity index (χ0n) is 10.5. The van der Waals surface area contributed by atoms with Crippen LogP contribution < -0.4 is 5.32 Å². The number of hydrogen-bond donors (Lipinski definition) is 2. The summed E-state index contributed by atoms with van der Waals surface area (Å²) in [4.78, 5) is 7.42. The third-order valence-corrected chi connectivity index (χ3v) is 3.64. The van der Waals surface area contributed by atoms with Gasteiger partial charge < -0.3 is 10.3 Å². The summed E-state index contributed by atoms with van der Waals surface area (Å²) in [6, 6.07) is 10.3. The number of H-pyrrole nitrogens is 1. The van der Waals surface area contributed by atoms with Crippen LogP contribution in [0.4, 0.5) is 14.5 Å². The molecule has 1 atom stereocenters. The van der Waals surface area contributed by atoms with Crippen molar-refractivity contribution in [1.29, 1.82) is 0 Å². The second-order valence-corrected chi connectivity index (χ2v) is 4.96. The third kappa shape index (κ3) is 1.66. The predicted molar refractivity (Wildman–Crippen MR) is 72.5 cm³/mol. The van der Waals surface area contributed by atoms with E-state index in [0.717, 1.165) is 24.2 Å². The minimum atomic E-state index is -0.877. The lowest BCUT2D eigenvalue weighted by Gasteiger charge is -2.06. The van der Waals surface area contributed by atoms with E-state index in [0.29, 0.717) is 16.9 Å². The predicted octanol–water partition coefficient (Wildman–Crippen LogP) is 3.55. The molecule has 0 aliphatic carbocycles. The number of aromatic amines is 1. The van der Waals surface area contributed by atoms with Crippen molar-refractivity contribution in [2.75, 3.05) is 5.32 Å². The molecule has 0 bridgehead atoms. The van der Waals surface area contributed by atoms with Gasteiger partial charge in [-0.25, -0.2) is 13.8 Å². The number of rotatable bonds is 1. The van der Waals surface area contributed by atoms with Crippen LogP contribution in [-0.2, 0) is 6.42 Å².